The second-order valence-corrected chi connectivity index (χ2v) is 20.7. The predicted octanol–water partition coefficient (Wildman–Crippen LogP) is 11.8. The zero-order valence-electron chi connectivity index (χ0n) is 43.7. The van der Waals surface area contributed by atoms with Crippen LogP contribution in [0.5, 0.6) is 0 Å². The van der Waals surface area contributed by atoms with Gasteiger partial charge in [0.1, 0.15) is 36.6 Å². The van der Waals surface area contributed by atoms with E-state index in [1.807, 2.05) is 0 Å². The molecule has 8 N–H and O–H groups in total. The molecule has 11 nitrogen and oxygen atoms in total. The van der Waals surface area contributed by atoms with Crippen LogP contribution in [0.25, 0.3) is 0 Å². The normalized spacial score (nSPS) is 20.5. The van der Waals surface area contributed by atoms with Crippen LogP contribution in [0.15, 0.2) is 0 Å². The molecule has 0 saturated carbocycles. The van der Waals surface area contributed by atoms with Crippen LogP contribution < -0.4 is 5.32 Å². The van der Waals surface area contributed by atoms with Crippen molar-refractivity contribution in [2.45, 2.75) is 339 Å². The molecule has 1 fully saturated rings. The first-order valence-electron chi connectivity index (χ1n) is 28.9. The summed E-state index contributed by atoms with van der Waals surface area (Å²) >= 11 is 0. The van der Waals surface area contributed by atoms with Crippen LogP contribution in [0.2, 0.25) is 0 Å². The molecule has 400 valence electrons. The molecule has 1 aliphatic rings. The van der Waals surface area contributed by atoms with Gasteiger partial charge in [-0.3, -0.25) is 4.79 Å². The lowest BCUT2D eigenvalue weighted by Gasteiger charge is -2.40. The molecule has 9 unspecified atom stereocenters. The second-order valence-electron chi connectivity index (χ2n) is 20.7. The van der Waals surface area contributed by atoms with Gasteiger partial charge in [0.25, 0.3) is 0 Å². The average Bonchev–Trinajstić information content (AvgIpc) is 3.33. The summed E-state index contributed by atoms with van der Waals surface area (Å²) < 4.78 is 11.1. The maximum Gasteiger partial charge on any atom is 0.249 e. The summed E-state index contributed by atoms with van der Waals surface area (Å²) in [5.41, 5.74) is 0. The zero-order chi connectivity index (χ0) is 49.0. The smallest absolute Gasteiger partial charge is 0.249 e. The molecular formula is C56H111NO10. The van der Waals surface area contributed by atoms with Crippen LogP contribution in [-0.2, 0) is 14.3 Å². The summed E-state index contributed by atoms with van der Waals surface area (Å²) in [7, 11) is 0. The van der Waals surface area contributed by atoms with Crippen molar-refractivity contribution in [3.05, 3.63) is 0 Å². The van der Waals surface area contributed by atoms with Crippen LogP contribution in [0.3, 0.4) is 0 Å². The summed E-state index contributed by atoms with van der Waals surface area (Å²) in [5, 5.41) is 76.1. The molecule has 67 heavy (non-hydrogen) atoms. The SMILES string of the molecule is CCCCCCCCCCCCCCCCCCCCCCCCCC(O)C(=O)NC(COC1OC(CO)C(O)C(O)C1O)C(O)C(O)CCCCCCCCCCCCCCCCCCC. The molecule has 0 aromatic heterocycles. The molecule has 11 heteroatoms. The minimum absolute atomic E-state index is 0.267. The van der Waals surface area contributed by atoms with E-state index in [4.69, 9.17) is 9.47 Å². The van der Waals surface area contributed by atoms with Gasteiger partial charge < -0.3 is 50.5 Å². The number of aliphatic hydroxyl groups excluding tert-OH is 7. The Morgan fingerprint density at radius 1 is 0.463 bits per heavy atom. The fourth-order valence-corrected chi connectivity index (χ4v) is 9.68. The van der Waals surface area contributed by atoms with Gasteiger partial charge in [0.05, 0.1) is 25.4 Å². The topological polar surface area (TPSA) is 189 Å². The summed E-state index contributed by atoms with van der Waals surface area (Å²) in [4.78, 5) is 13.2. The highest BCUT2D eigenvalue weighted by atomic mass is 16.7. The molecule has 1 heterocycles. The van der Waals surface area contributed by atoms with Crippen LogP contribution in [0, 0.1) is 0 Å². The summed E-state index contributed by atoms with van der Waals surface area (Å²) in [5.74, 6) is -0.690. The molecular weight excluding hydrogens is 847 g/mol. The number of hydrogen-bond donors (Lipinski definition) is 8. The molecule has 1 rings (SSSR count). The van der Waals surface area contributed by atoms with E-state index in [0.717, 1.165) is 38.5 Å². The third-order valence-corrected chi connectivity index (χ3v) is 14.4. The highest BCUT2D eigenvalue weighted by Crippen LogP contribution is 2.24. The summed E-state index contributed by atoms with van der Waals surface area (Å²) in [6.07, 6.45) is 40.1. The van der Waals surface area contributed by atoms with E-state index < -0.39 is 74.2 Å². The first-order valence-corrected chi connectivity index (χ1v) is 28.9. The lowest BCUT2D eigenvalue weighted by atomic mass is 9.98. The lowest BCUT2D eigenvalue weighted by molar-refractivity contribution is -0.303. The van der Waals surface area contributed by atoms with E-state index in [9.17, 15) is 40.5 Å². The number of carbonyl (C=O) groups excluding carboxylic acids is 1. The Hall–Kier alpha value is -0.890. The fourth-order valence-electron chi connectivity index (χ4n) is 9.68. The molecule has 0 aromatic carbocycles. The van der Waals surface area contributed by atoms with Crippen molar-refractivity contribution in [2.24, 2.45) is 0 Å². The molecule has 9 atom stereocenters. The number of amides is 1. The van der Waals surface area contributed by atoms with Crippen LogP contribution in [0.1, 0.15) is 284 Å². The van der Waals surface area contributed by atoms with Crippen LogP contribution >= 0.6 is 0 Å². The number of ether oxygens (including phenoxy) is 2. The Morgan fingerprint density at radius 3 is 1.10 bits per heavy atom. The van der Waals surface area contributed by atoms with Gasteiger partial charge in [-0.25, -0.2) is 0 Å². The van der Waals surface area contributed by atoms with Crippen LogP contribution in [-0.4, -0.2) is 110 Å². The first-order chi connectivity index (χ1) is 32.7. The molecule has 0 radical (unpaired) electrons. The second kappa shape index (κ2) is 46.2. The Bertz CT molecular complexity index is 1050. The number of carbonyl (C=O) groups is 1. The van der Waals surface area contributed by atoms with E-state index in [2.05, 4.69) is 19.2 Å². The summed E-state index contributed by atoms with van der Waals surface area (Å²) in [6.45, 7) is 3.50. The van der Waals surface area contributed by atoms with Crippen molar-refractivity contribution < 1.29 is 50.0 Å². The summed E-state index contributed by atoms with van der Waals surface area (Å²) in [6, 6.07) is -1.16. The van der Waals surface area contributed by atoms with E-state index >= 15 is 0 Å². The van der Waals surface area contributed by atoms with Crippen LogP contribution in [0.4, 0.5) is 0 Å². The number of rotatable bonds is 50. The van der Waals surface area contributed by atoms with E-state index in [-0.39, 0.29) is 6.42 Å². The van der Waals surface area contributed by atoms with E-state index in [1.54, 1.807) is 0 Å². The monoisotopic (exact) mass is 958 g/mol. The predicted molar refractivity (Wildman–Crippen MR) is 275 cm³/mol. The quantitative estimate of drug-likeness (QED) is 0.0273. The standard InChI is InChI=1S/C56H111NO10/c1-3-5-7-9-11-13-15-17-19-21-22-23-24-25-26-28-30-32-34-36-38-40-42-44-49(60)55(65)57-47(46-66-56-54(64)53(63)52(62)50(45-58)67-56)51(61)48(59)43-41-39-37-35-33-31-29-27-20-18-16-14-12-10-8-6-4-2/h47-54,56,58-64H,3-46H2,1-2H3,(H,57,65). The van der Waals surface area contributed by atoms with Crippen molar-refractivity contribution in [2.75, 3.05) is 13.2 Å². The molecule has 0 spiro atoms. The van der Waals surface area contributed by atoms with E-state index in [0.29, 0.717) is 19.3 Å². The zero-order valence-corrected chi connectivity index (χ0v) is 43.7. The highest BCUT2D eigenvalue weighted by Gasteiger charge is 2.44. The minimum Gasteiger partial charge on any atom is -0.394 e. The van der Waals surface area contributed by atoms with Gasteiger partial charge in [0.2, 0.25) is 5.91 Å². The fraction of sp³-hybridized carbons (Fsp3) is 0.982. The van der Waals surface area contributed by atoms with Gasteiger partial charge in [0.15, 0.2) is 6.29 Å². The third-order valence-electron chi connectivity index (χ3n) is 14.4. The molecule has 0 aliphatic carbocycles. The van der Waals surface area contributed by atoms with Gasteiger partial charge in [-0.2, -0.15) is 0 Å². The maximum absolute atomic E-state index is 13.2. The van der Waals surface area contributed by atoms with Crippen molar-refractivity contribution in [1.29, 1.82) is 0 Å². The van der Waals surface area contributed by atoms with Gasteiger partial charge in [0, 0.05) is 0 Å². The number of unbranched alkanes of at least 4 members (excludes halogenated alkanes) is 38. The average molecular weight is 959 g/mol. The Labute approximate surface area is 411 Å². The number of aliphatic hydroxyl groups is 7. The van der Waals surface area contributed by atoms with Gasteiger partial charge in [-0.15, -0.1) is 0 Å². The molecule has 1 amide bonds. The Kier molecular flexibility index (Phi) is 44.2. The maximum atomic E-state index is 13.2. The number of hydrogen-bond acceptors (Lipinski definition) is 10. The van der Waals surface area contributed by atoms with Crippen molar-refractivity contribution in [3.8, 4) is 0 Å². The Balaban J connectivity index is 2.29. The van der Waals surface area contributed by atoms with Crippen molar-refractivity contribution in [3.63, 3.8) is 0 Å². The van der Waals surface area contributed by atoms with Gasteiger partial charge in [-0.1, -0.05) is 271 Å². The molecule has 1 saturated heterocycles. The first kappa shape index (κ1) is 64.1. The minimum atomic E-state index is -1.66. The molecule has 0 bridgehead atoms. The number of nitrogens with one attached hydrogen (secondary N) is 1. The third kappa shape index (κ3) is 35.0. The lowest BCUT2D eigenvalue weighted by Crippen LogP contribution is -2.60. The molecule has 0 aromatic rings. The van der Waals surface area contributed by atoms with Gasteiger partial charge >= 0.3 is 0 Å². The van der Waals surface area contributed by atoms with Gasteiger partial charge in [-0.05, 0) is 12.8 Å². The molecule has 1 aliphatic heterocycles. The van der Waals surface area contributed by atoms with Crippen molar-refractivity contribution >= 4 is 5.91 Å². The van der Waals surface area contributed by atoms with E-state index in [1.165, 1.54) is 205 Å². The highest BCUT2D eigenvalue weighted by molar-refractivity contribution is 5.80. The Morgan fingerprint density at radius 2 is 0.776 bits per heavy atom. The largest absolute Gasteiger partial charge is 0.394 e. The van der Waals surface area contributed by atoms with Crippen molar-refractivity contribution in [1.82, 2.24) is 5.32 Å².